The smallest absolute Gasteiger partial charge is 0.243 e. The summed E-state index contributed by atoms with van der Waals surface area (Å²) in [5.41, 5.74) is 3.89. The number of nitrogens with zero attached hydrogens (tertiary/aromatic N) is 2. The van der Waals surface area contributed by atoms with E-state index in [1.165, 1.54) is 11.3 Å². The summed E-state index contributed by atoms with van der Waals surface area (Å²) in [5.74, 6) is -0.0919. The number of amides is 1. The highest BCUT2D eigenvalue weighted by Crippen LogP contribution is 2.25. The number of anilines is 1. The quantitative estimate of drug-likeness (QED) is 0.719. The summed E-state index contributed by atoms with van der Waals surface area (Å²) >= 11 is 2.99. The highest BCUT2D eigenvalue weighted by Gasteiger charge is 2.15. The number of carbonyl (C=O) groups excluding carboxylic acids is 1. The first kappa shape index (κ1) is 15.8. The van der Waals surface area contributed by atoms with Crippen molar-refractivity contribution in [1.82, 2.24) is 15.3 Å². The van der Waals surface area contributed by atoms with Gasteiger partial charge in [-0.1, -0.05) is 30.3 Å². The Morgan fingerprint density at radius 3 is 2.78 bits per heavy atom. The maximum absolute atomic E-state index is 12.1. The predicted molar refractivity (Wildman–Crippen MR) is 94.6 cm³/mol. The SMILES string of the molecule is C[C@H](NCc1scnc1-c1ccccc1)C(=O)Nc1nccs1. The van der Waals surface area contributed by atoms with Crippen LogP contribution in [0.3, 0.4) is 0 Å². The van der Waals surface area contributed by atoms with E-state index in [1.54, 1.807) is 17.5 Å². The summed E-state index contributed by atoms with van der Waals surface area (Å²) in [6, 6.07) is 9.74. The molecule has 0 aliphatic rings. The van der Waals surface area contributed by atoms with Crippen LogP contribution in [0.2, 0.25) is 0 Å². The van der Waals surface area contributed by atoms with Crippen molar-refractivity contribution in [3.05, 3.63) is 52.3 Å². The van der Waals surface area contributed by atoms with Crippen molar-refractivity contribution < 1.29 is 4.79 Å². The van der Waals surface area contributed by atoms with Gasteiger partial charge >= 0.3 is 0 Å². The van der Waals surface area contributed by atoms with E-state index >= 15 is 0 Å². The lowest BCUT2D eigenvalue weighted by Crippen LogP contribution is -2.37. The number of rotatable bonds is 6. The minimum absolute atomic E-state index is 0.0919. The lowest BCUT2D eigenvalue weighted by Gasteiger charge is -2.12. The zero-order valence-electron chi connectivity index (χ0n) is 12.5. The molecule has 1 atom stereocenters. The third-order valence-electron chi connectivity index (χ3n) is 3.31. The second kappa shape index (κ2) is 7.45. The van der Waals surface area contributed by atoms with Gasteiger partial charge in [-0.3, -0.25) is 4.79 Å². The average molecular weight is 344 g/mol. The molecular weight excluding hydrogens is 328 g/mol. The molecule has 2 heterocycles. The van der Waals surface area contributed by atoms with Crippen molar-refractivity contribution in [1.29, 1.82) is 0 Å². The van der Waals surface area contributed by atoms with Gasteiger partial charge in [0.15, 0.2) is 5.13 Å². The van der Waals surface area contributed by atoms with E-state index in [4.69, 9.17) is 0 Å². The molecule has 3 aromatic rings. The number of carbonyl (C=O) groups is 1. The van der Waals surface area contributed by atoms with Gasteiger partial charge in [0.05, 0.1) is 17.2 Å². The Morgan fingerprint density at radius 1 is 1.22 bits per heavy atom. The van der Waals surface area contributed by atoms with Gasteiger partial charge in [-0.05, 0) is 6.92 Å². The van der Waals surface area contributed by atoms with Crippen LogP contribution in [-0.2, 0) is 11.3 Å². The van der Waals surface area contributed by atoms with E-state index in [2.05, 4.69) is 20.6 Å². The Morgan fingerprint density at radius 2 is 2.04 bits per heavy atom. The maximum atomic E-state index is 12.1. The van der Waals surface area contributed by atoms with Crippen LogP contribution in [0.25, 0.3) is 11.3 Å². The van der Waals surface area contributed by atoms with E-state index in [9.17, 15) is 4.79 Å². The Labute approximate surface area is 142 Å². The molecule has 7 heteroatoms. The summed E-state index contributed by atoms with van der Waals surface area (Å²) in [6.45, 7) is 2.44. The Hall–Kier alpha value is -2.09. The van der Waals surface area contributed by atoms with Gasteiger partial charge in [-0.2, -0.15) is 0 Å². The second-order valence-electron chi connectivity index (χ2n) is 4.92. The van der Waals surface area contributed by atoms with Gasteiger partial charge < -0.3 is 10.6 Å². The summed E-state index contributed by atoms with van der Waals surface area (Å²) < 4.78 is 0. The highest BCUT2D eigenvalue weighted by molar-refractivity contribution is 7.13. The predicted octanol–water partition coefficient (Wildman–Crippen LogP) is 3.38. The van der Waals surface area contributed by atoms with Crippen molar-refractivity contribution in [2.75, 3.05) is 5.32 Å². The fourth-order valence-electron chi connectivity index (χ4n) is 2.06. The zero-order valence-corrected chi connectivity index (χ0v) is 14.2. The lowest BCUT2D eigenvalue weighted by molar-refractivity contribution is -0.117. The number of thiazole rings is 2. The fourth-order valence-corrected chi connectivity index (χ4v) is 3.33. The monoisotopic (exact) mass is 344 g/mol. The van der Waals surface area contributed by atoms with E-state index < -0.39 is 0 Å². The van der Waals surface area contributed by atoms with Gasteiger partial charge in [0.1, 0.15) is 0 Å². The Balaban J connectivity index is 1.60. The molecule has 0 unspecified atom stereocenters. The standard InChI is InChI=1S/C16H16N4OS2/c1-11(15(21)20-16-17-7-8-22-16)18-9-13-14(19-10-23-13)12-5-3-2-4-6-12/h2-8,10-11,18H,9H2,1H3,(H,17,20,21)/t11-/m0/s1. The molecule has 0 spiro atoms. The molecule has 1 amide bonds. The molecule has 0 aliphatic carbocycles. The van der Waals surface area contributed by atoms with E-state index in [1.807, 2.05) is 48.1 Å². The van der Waals surface area contributed by atoms with Crippen molar-refractivity contribution in [2.45, 2.75) is 19.5 Å². The summed E-state index contributed by atoms with van der Waals surface area (Å²) in [6.07, 6.45) is 1.67. The van der Waals surface area contributed by atoms with Crippen LogP contribution in [0, 0.1) is 0 Å². The number of hydrogen-bond acceptors (Lipinski definition) is 6. The van der Waals surface area contributed by atoms with Crippen LogP contribution in [-0.4, -0.2) is 21.9 Å². The molecule has 118 valence electrons. The summed E-state index contributed by atoms with van der Waals surface area (Å²) in [5, 5.41) is 8.48. The third kappa shape index (κ3) is 4.01. The molecule has 3 rings (SSSR count). The molecule has 5 nitrogen and oxygen atoms in total. The maximum Gasteiger partial charge on any atom is 0.243 e. The summed E-state index contributed by atoms with van der Waals surface area (Å²) in [4.78, 5) is 21.7. The lowest BCUT2D eigenvalue weighted by atomic mass is 10.1. The van der Waals surface area contributed by atoms with Crippen LogP contribution in [0.5, 0.6) is 0 Å². The van der Waals surface area contributed by atoms with Gasteiger partial charge in [-0.25, -0.2) is 9.97 Å². The van der Waals surface area contributed by atoms with Crippen molar-refractivity contribution >= 4 is 33.7 Å². The zero-order chi connectivity index (χ0) is 16.1. The van der Waals surface area contributed by atoms with Crippen molar-refractivity contribution in [3.8, 4) is 11.3 Å². The van der Waals surface area contributed by atoms with Gasteiger partial charge in [0, 0.05) is 28.6 Å². The number of hydrogen-bond donors (Lipinski definition) is 2. The first-order valence-corrected chi connectivity index (χ1v) is 8.91. The summed E-state index contributed by atoms with van der Waals surface area (Å²) in [7, 11) is 0. The molecule has 2 aromatic heterocycles. The van der Waals surface area contributed by atoms with E-state index in [0.29, 0.717) is 11.7 Å². The van der Waals surface area contributed by atoms with Crippen LogP contribution in [0.1, 0.15) is 11.8 Å². The number of benzene rings is 1. The largest absolute Gasteiger partial charge is 0.301 e. The molecule has 0 aliphatic heterocycles. The first-order valence-electron chi connectivity index (χ1n) is 7.15. The molecule has 23 heavy (non-hydrogen) atoms. The third-order valence-corrected chi connectivity index (χ3v) is 4.83. The molecule has 0 saturated carbocycles. The van der Waals surface area contributed by atoms with Crippen LogP contribution < -0.4 is 10.6 Å². The van der Waals surface area contributed by atoms with Crippen LogP contribution in [0.15, 0.2) is 47.4 Å². The normalized spacial score (nSPS) is 12.0. The topological polar surface area (TPSA) is 66.9 Å². The van der Waals surface area contributed by atoms with Gasteiger partial charge in [0.25, 0.3) is 0 Å². The molecule has 2 N–H and O–H groups in total. The molecule has 0 fully saturated rings. The van der Waals surface area contributed by atoms with E-state index in [-0.39, 0.29) is 11.9 Å². The van der Waals surface area contributed by atoms with E-state index in [0.717, 1.165) is 16.1 Å². The van der Waals surface area contributed by atoms with Crippen molar-refractivity contribution in [2.24, 2.45) is 0 Å². The minimum Gasteiger partial charge on any atom is -0.301 e. The number of aromatic nitrogens is 2. The second-order valence-corrected chi connectivity index (χ2v) is 6.75. The fraction of sp³-hybridized carbons (Fsp3) is 0.188. The molecule has 0 saturated heterocycles. The number of nitrogens with one attached hydrogen (secondary N) is 2. The molecular formula is C16H16N4OS2. The van der Waals surface area contributed by atoms with Crippen molar-refractivity contribution in [3.63, 3.8) is 0 Å². The Bertz CT molecular complexity index is 756. The average Bonchev–Trinajstić information content (AvgIpc) is 3.24. The Kier molecular flexibility index (Phi) is 5.12. The minimum atomic E-state index is -0.315. The first-order chi connectivity index (χ1) is 11.2. The van der Waals surface area contributed by atoms with Gasteiger partial charge in [0.2, 0.25) is 5.91 Å². The van der Waals surface area contributed by atoms with Gasteiger partial charge in [-0.15, -0.1) is 22.7 Å². The highest BCUT2D eigenvalue weighted by atomic mass is 32.1. The molecule has 0 bridgehead atoms. The molecule has 0 radical (unpaired) electrons. The molecule has 1 aromatic carbocycles. The van der Waals surface area contributed by atoms with Crippen LogP contribution >= 0.6 is 22.7 Å². The van der Waals surface area contributed by atoms with Crippen LogP contribution in [0.4, 0.5) is 5.13 Å².